The first-order valence-corrected chi connectivity index (χ1v) is 5.40. The zero-order chi connectivity index (χ0) is 13.5. The molecule has 0 aliphatic heterocycles. The highest BCUT2D eigenvalue weighted by molar-refractivity contribution is 5.97. The fourth-order valence-corrected chi connectivity index (χ4v) is 1.47. The molecule has 100 valence electrons. The van der Waals surface area contributed by atoms with E-state index in [1.54, 1.807) is 19.1 Å². The predicted molar refractivity (Wildman–Crippen MR) is 65.2 cm³/mol. The molecule has 1 N–H and O–H groups in total. The van der Waals surface area contributed by atoms with Gasteiger partial charge in [-0.3, -0.25) is 9.63 Å². The first-order valence-electron chi connectivity index (χ1n) is 5.40. The van der Waals surface area contributed by atoms with Gasteiger partial charge >= 0.3 is 0 Å². The number of carbonyl (C=O) groups excluding carboxylic acids is 1. The lowest BCUT2D eigenvalue weighted by Gasteiger charge is -2.15. The first-order chi connectivity index (χ1) is 8.69. The van der Waals surface area contributed by atoms with Gasteiger partial charge in [-0.2, -0.15) is 0 Å². The zero-order valence-corrected chi connectivity index (χ0v) is 10.9. The second-order valence-corrected chi connectivity index (χ2v) is 3.25. The molecule has 0 unspecified atom stereocenters. The molecule has 0 fully saturated rings. The Labute approximate surface area is 106 Å². The number of ether oxygens (including phenoxy) is 3. The van der Waals surface area contributed by atoms with Crippen molar-refractivity contribution in [3.8, 4) is 17.2 Å². The largest absolute Gasteiger partial charge is 0.493 e. The van der Waals surface area contributed by atoms with Crippen LogP contribution in [0.2, 0.25) is 0 Å². The van der Waals surface area contributed by atoms with Crippen LogP contribution in [0.3, 0.4) is 0 Å². The molecule has 0 aliphatic rings. The van der Waals surface area contributed by atoms with Crippen LogP contribution in [0.1, 0.15) is 17.3 Å². The van der Waals surface area contributed by atoms with E-state index in [-0.39, 0.29) is 0 Å². The molecular weight excluding hydrogens is 238 g/mol. The summed E-state index contributed by atoms with van der Waals surface area (Å²) in [5.74, 6) is 0.746. The number of nitrogens with one attached hydrogen (secondary N) is 1. The standard InChI is InChI=1S/C12H17NO5/c1-5-18-13-12(14)8-6-7-9(15-2)11(17-4)10(8)16-3/h6-7H,5H2,1-4H3,(H,13,14). The van der Waals surface area contributed by atoms with Gasteiger partial charge in [-0.25, -0.2) is 5.48 Å². The number of amides is 1. The Kier molecular flexibility index (Phi) is 5.26. The van der Waals surface area contributed by atoms with Crippen LogP contribution in [-0.2, 0) is 4.84 Å². The monoisotopic (exact) mass is 255 g/mol. The minimum atomic E-state index is -0.408. The van der Waals surface area contributed by atoms with Gasteiger partial charge in [-0.1, -0.05) is 0 Å². The molecule has 1 rings (SSSR count). The maximum atomic E-state index is 11.8. The molecule has 0 aromatic heterocycles. The predicted octanol–water partition coefficient (Wildman–Crippen LogP) is 1.39. The molecule has 1 aromatic rings. The van der Waals surface area contributed by atoms with E-state index < -0.39 is 5.91 Å². The van der Waals surface area contributed by atoms with E-state index in [0.717, 1.165) is 0 Å². The van der Waals surface area contributed by atoms with E-state index in [9.17, 15) is 4.79 Å². The molecule has 18 heavy (non-hydrogen) atoms. The fraction of sp³-hybridized carbons (Fsp3) is 0.417. The minimum absolute atomic E-state index is 0.300. The van der Waals surface area contributed by atoms with Gasteiger partial charge in [0.15, 0.2) is 11.5 Å². The molecule has 0 atom stereocenters. The summed E-state index contributed by atoms with van der Waals surface area (Å²) in [4.78, 5) is 16.7. The Hall–Kier alpha value is -1.95. The Bertz CT molecular complexity index is 419. The summed E-state index contributed by atoms with van der Waals surface area (Å²) in [6.45, 7) is 2.15. The first kappa shape index (κ1) is 14.1. The van der Waals surface area contributed by atoms with Gasteiger partial charge in [-0.05, 0) is 19.1 Å². The van der Waals surface area contributed by atoms with E-state index in [4.69, 9.17) is 19.0 Å². The van der Waals surface area contributed by atoms with Crippen LogP contribution in [0, 0.1) is 0 Å². The van der Waals surface area contributed by atoms with Crippen molar-refractivity contribution in [2.75, 3.05) is 27.9 Å². The quantitative estimate of drug-likeness (QED) is 0.778. The number of hydroxylamine groups is 1. The minimum Gasteiger partial charge on any atom is -0.493 e. The molecule has 0 aliphatic carbocycles. The average Bonchev–Trinajstić information content (AvgIpc) is 2.42. The summed E-state index contributed by atoms with van der Waals surface area (Å²) >= 11 is 0. The van der Waals surface area contributed by atoms with Gasteiger partial charge in [0.25, 0.3) is 5.91 Å². The molecule has 0 radical (unpaired) electrons. The summed E-state index contributed by atoms with van der Waals surface area (Å²) in [5.41, 5.74) is 2.61. The molecule has 0 spiro atoms. The molecule has 0 bridgehead atoms. The highest BCUT2D eigenvalue weighted by Gasteiger charge is 2.20. The normalized spacial score (nSPS) is 9.78. The maximum absolute atomic E-state index is 11.8. The Morgan fingerprint density at radius 3 is 2.28 bits per heavy atom. The molecule has 1 amide bonds. The molecule has 6 nitrogen and oxygen atoms in total. The van der Waals surface area contributed by atoms with Gasteiger partial charge in [-0.15, -0.1) is 0 Å². The summed E-state index contributed by atoms with van der Waals surface area (Å²) in [6.07, 6.45) is 0. The van der Waals surface area contributed by atoms with Crippen LogP contribution in [-0.4, -0.2) is 33.8 Å². The van der Waals surface area contributed by atoms with E-state index >= 15 is 0 Å². The van der Waals surface area contributed by atoms with Crippen molar-refractivity contribution < 1.29 is 23.8 Å². The Morgan fingerprint density at radius 1 is 1.11 bits per heavy atom. The molecule has 1 aromatic carbocycles. The number of benzene rings is 1. The van der Waals surface area contributed by atoms with Crippen molar-refractivity contribution >= 4 is 5.91 Å². The van der Waals surface area contributed by atoms with Crippen molar-refractivity contribution in [1.82, 2.24) is 5.48 Å². The molecule has 6 heteroatoms. The van der Waals surface area contributed by atoms with Crippen LogP contribution >= 0.6 is 0 Å². The van der Waals surface area contributed by atoms with E-state index in [0.29, 0.717) is 29.4 Å². The Morgan fingerprint density at radius 2 is 1.78 bits per heavy atom. The zero-order valence-electron chi connectivity index (χ0n) is 10.9. The van der Waals surface area contributed by atoms with Crippen molar-refractivity contribution in [1.29, 1.82) is 0 Å². The third kappa shape index (κ3) is 2.84. The van der Waals surface area contributed by atoms with Crippen LogP contribution in [0.4, 0.5) is 0 Å². The van der Waals surface area contributed by atoms with Crippen molar-refractivity contribution in [3.63, 3.8) is 0 Å². The molecule has 0 saturated carbocycles. The summed E-state index contributed by atoms with van der Waals surface area (Å²) in [6, 6.07) is 3.21. The molecular formula is C12H17NO5. The van der Waals surface area contributed by atoms with Crippen molar-refractivity contribution in [2.24, 2.45) is 0 Å². The second kappa shape index (κ2) is 6.70. The Balaban J connectivity index is 3.16. The van der Waals surface area contributed by atoms with Crippen LogP contribution in [0.25, 0.3) is 0 Å². The third-order valence-electron chi connectivity index (χ3n) is 2.26. The van der Waals surface area contributed by atoms with Gasteiger partial charge in [0, 0.05) is 0 Å². The topological polar surface area (TPSA) is 66.0 Å². The lowest BCUT2D eigenvalue weighted by molar-refractivity contribution is 0.0361. The van der Waals surface area contributed by atoms with E-state index in [1.165, 1.54) is 21.3 Å². The smallest absolute Gasteiger partial charge is 0.278 e. The fourth-order valence-electron chi connectivity index (χ4n) is 1.47. The maximum Gasteiger partial charge on any atom is 0.278 e. The lowest BCUT2D eigenvalue weighted by atomic mass is 10.1. The summed E-state index contributed by atoms with van der Waals surface area (Å²) < 4.78 is 15.5. The van der Waals surface area contributed by atoms with Gasteiger partial charge in [0.1, 0.15) is 0 Å². The number of hydrogen-bond acceptors (Lipinski definition) is 5. The highest BCUT2D eigenvalue weighted by Crippen LogP contribution is 2.39. The number of rotatable bonds is 6. The van der Waals surface area contributed by atoms with Crippen molar-refractivity contribution in [2.45, 2.75) is 6.92 Å². The molecule has 0 heterocycles. The van der Waals surface area contributed by atoms with E-state index in [1.807, 2.05) is 0 Å². The third-order valence-corrected chi connectivity index (χ3v) is 2.26. The summed E-state index contributed by atoms with van der Waals surface area (Å²) in [5, 5.41) is 0. The average molecular weight is 255 g/mol. The number of methoxy groups -OCH3 is 3. The van der Waals surface area contributed by atoms with Gasteiger partial charge < -0.3 is 14.2 Å². The van der Waals surface area contributed by atoms with Crippen LogP contribution in [0.5, 0.6) is 17.2 Å². The van der Waals surface area contributed by atoms with Crippen LogP contribution < -0.4 is 19.7 Å². The number of hydrogen-bond donors (Lipinski definition) is 1. The summed E-state index contributed by atoms with van der Waals surface area (Å²) in [7, 11) is 4.44. The number of carbonyl (C=O) groups is 1. The second-order valence-electron chi connectivity index (χ2n) is 3.25. The lowest BCUT2D eigenvalue weighted by Crippen LogP contribution is -2.24. The highest BCUT2D eigenvalue weighted by atomic mass is 16.6. The van der Waals surface area contributed by atoms with Gasteiger partial charge in [0.05, 0.1) is 33.5 Å². The van der Waals surface area contributed by atoms with Gasteiger partial charge in [0.2, 0.25) is 5.75 Å². The molecule has 0 saturated heterocycles. The van der Waals surface area contributed by atoms with Crippen molar-refractivity contribution in [3.05, 3.63) is 17.7 Å². The van der Waals surface area contributed by atoms with Crippen LogP contribution in [0.15, 0.2) is 12.1 Å². The SMILES string of the molecule is CCONC(=O)c1ccc(OC)c(OC)c1OC. The van der Waals surface area contributed by atoms with E-state index in [2.05, 4.69) is 5.48 Å².